The van der Waals surface area contributed by atoms with E-state index in [-0.39, 0.29) is 12.6 Å². The number of nitrogens with two attached hydrogens (primary N) is 1. The van der Waals surface area contributed by atoms with Gasteiger partial charge in [0, 0.05) is 19.2 Å². The molecule has 0 aliphatic rings. The van der Waals surface area contributed by atoms with Gasteiger partial charge >= 0.3 is 0 Å². The average molecular weight is 132 g/mol. The fourth-order valence-electron chi connectivity index (χ4n) is 0.534. The summed E-state index contributed by atoms with van der Waals surface area (Å²) in [5.41, 5.74) is 5.45. The molecule has 3 nitrogen and oxygen atoms in total. The van der Waals surface area contributed by atoms with Crippen LogP contribution in [0.3, 0.4) is 0 Å². The Kier molecular flexibility index (Phi) is 5.93. The third-order valence-electron chi connectivity index (χ3n) is 0.978. The fraction of sp³-hybridized carbons (Fsp3) is 1.00. The number of hydrogen-bond donors (Lipinski definition) is 3. The third-order valence-corrected chi connectivity index (χ3v) is 0.978. The number of aliphatic hydroxyl groups excluding tert-OH is 1. The van der Waals surface area contributed by atoms with Gasteiger partial charge in [0.05, 0.1) is 0 Å². The van der Waals surface area contributed by atoms with E-state index in [9.17, 15) is 0 Å². The molecule has 0 saturated heterocycles. The Morgan fingerprint density at radius 3 is 2.78 bits per heavy atom. The van der Waals surface area contributed by atoms with E-state index >= 15 is 0 Å². The molecule has 0 aromatic heterocycles. The molecule has 9 heavy (non-hydrogen) atoms. The first-order chi connectivity index (χ1) is 4.27. The van der Waals surface area contributed by atoms with Crippen molar-refractivity contribution in [1.82, 2.24) is 5.32 Å². The molecule has 0 aromatic carbocycles. The maximum Gasteiger partial charge on any atom is 0.0443 e. The van der Waals surface area contributed by atoms with Crippen LogP contribution in [0.1, 0.15) is 13.3 Å². The summed E-state index contributed by atoms with van der Waals surface area (Å²) in [7, 11) is 0. The van der Waals surface area contributed by atoms with Crippen molar-refractivity contribution in [3.05, 3.63) is 0 Å². The Balaban J connectivity index is 2.75. The molecular weight excluding hydrogens is 116 g/mol. The predicted octanol–water partition coefficient (Wildman–Crippen LogP) is -0.694. The summed E-state index contributed by atoms with van der Waals surface area (Å²) in [5.74, 6) is 0. The molecule has 0 spiro atoms. The van der Waals surface area contributed by atoms with Gasteiger partial charge in [0.2, 0.25) is 0 Å². The molecule has 0 rings (SSSR count). The van der Waals surface area contributed by atoms with Crippen molar-refractivity contribution < 1.29 is 5.11 Å². The van der Waals surface area contributed by atoms with E-state index < -0.39 is 0 Å². The second kappa shape index (κ2) is 6.01. The van der Waals surface area contributed by atoms with E-state index in [0.717, 1.165) is 19.5 Å². The lowest BCUT2D eigenvalue weighted by Gasteiger charge is -2.05. The maximum absolute atomic E-state index is 8.36. The Morgan fingerprint density at radius 1 is 1.67 bits per heavy atom. The van der Waals surface area contributed by atoms with E-state index in [1.165, 1.54) is 0 Å². The first-order valence-electron chi connectivity index (χ1n) is 3.34. The van der Waals surface area contributed by atoms with Gasteiger partial charge in [0.1, 0.15) is 0 Å². The lowest BCUT2D eigenvalue weighted by atomic mass is 10.3. The fourth-order valence-corrected chi connectivity index (χ4v) is 0.534. The summed E-state index contributed by atoms with van der Waals surface area (Å²) in [5, 5.41) is 11.5. The van der Waals surface area contributed by atoms with Crippen molar-refractivity contribution in [3.63, 3.8) is 0 Å². The molecule has 3 heteroatoms. The highest BCUT2D eigenvalue weighted by Crippen LogP contribution is 1.73. The molecule has 0 radical (unpaired) electrons. The highest BCUT2D eigenvalue weighted by Gasteiger charge is 1.90. The smallest absolute Gasteiger partial charge is 0.0443 e. The summed E-state index contributed by atoms with van der Waals surface area (Å²) in [6, 6.07) is 0.212. The van der Waals surface area contributed by atoms with Crippen LogP contribution in [-0.4, -0.2) is 30.8 Å². The molecule has 0 aliphatic heterocycles. The van der Waals surface area contributed by atoms with Crippen LogP contribution in [0.15, 0.2) is 0 Å². The monoisotopic (exact) mass is 132 g/mol. The van der Waals surface area contributed by atoms with Gasteiger partial charge in [-0.15, -0.1) is 0 Å². The Bertz CT molecular complexity index is 57.0. The third kappa shape index (κ3) is 7.88. The van der Waals surface area contributed by atoms with Crippen LogP contribution >= 0.6 is 0 Å². The van der Waals surface area contributed by atoms with Gasteiger partial charge in [-0.2, -0.15) is 0 Å². The Hall–Kier alpha value is -0.120. The van der Waals surface area contributed by atoms with E-state index in [0.29, 0.717) is 0 Å². The minimum absolute atomic E-state index is 0.212. The lowest BCUT2D eigenvalue weighted by molar-refractivity contribution is 0.286. The van der Waals surface area contributed by atoms with Crippen LogP contribution in [0.25, 0.3) is 0 Å². The maximum atomic E-state index is 8.36. The average Bonchev–Trinajstić information content (AvgIpc) is 1.80. The molecule has 0 fully saturated rings. The summed E-state index contributed by atoms with van der Waals surface area (Å²) in [4.78, 5) is 0. The van der Waals surface area contributed by atoms with Crippen molar-refractivity contribution in [2.45, 2.75) is 19.4 Å². The van der Waals surface area contributed by atoms with Crippen LogP contribution < -0.4 is 11.1 Å². The molecule has 4 N–H and O–H groups in total. The molecule has 56 valence electrons. The summed E-state index contributed by atoms with van der Waals surface area (Å²) in [6.07, 6.45) is 0.812. The number of aliphatic hydroxyl groups is 1. The van der Waals surface area contributed by atoms with Gasteiger partial charge in [-0.25, -0.2) is 0 Å². The molecule has 0 aromatic rings. The molecule has 0 bridgehead atoms. The first kappa shape index (κ1) is 8.88. The zero-order valence-electron chi connectivity index (χ0n) is 5.93. The van der Waals surface area contributed by atoms with E-state index in [1.54, 1.807) is 0 Å². The van der Waals surface area contributed by atoms with Crippen LogP contribution in [0.5, 0.6) is 0 Å². The molecule has 1 atom stereocenters. The Morgan fingerprint density at radius 2 is 2.33 bits per heavy atom. The minimum Gasteiger partial charge on any atom is -0.396 e. The molecule has 0 heterocycles. The molecule has 0 aliphatic carbocycles. The van der Waals surface area contributed by atoms with Crippen molar-refractivity contribution in [1.29, 1.82) is 0 Å². The lowest BCUT2D eigenvalue weighted by Crippen LogP contribution is -2.31. The van der Waals surface area contributed by atoms with Gasteiger partial charge in [-0.05, 0) is 19.9 Å². The van der Waals surface area contributed by atoms with Crippen molar-refractivity contribution >= 4 is 0 Å². The van der Waals surface area contributed by atoms with Crippen molar-refractivity contribution in [3.8, 4) is 0 Å². The zero-order chi connectivity index (χ0) is 7.11. The zero-order valence-corrected chi connectivity index (χ0v) is 5.93. The van der Waals surface area contributed by atoms with Gasteiger partial charge in [-0.3, -0.25) is 0 Å². The highest BCUT2D eigenvalue weighted by atomic mass is 16.3. The summed E-state index contributed by atoms with van der Waals surface area (Å²) < 4.78 is 0. The number of nitrogens with one attached hydrogen (secondary N) is 1. The van der Waals surface area contributed by atoms with Gasteiger partial charge in [0.25, 0.3) is 0 Å². The number of hydrogen-bond acceptors (Lipinski definition) is 3. The van der Waals surface area contributed by atoms with Crippen LogP contribution in [-0.2, 0) is 0 Å². The SMILES string of the molecule is CC(N)CNCCCO. The van der Waals surface area contributed by atoms with Crippen LogP contribution in [0, 0.1) is 0 Å². The first-order valence-corrected chi connectivity index (χ1v) is 3.34. The van der Waals surface area contributed by atoms with E-state index in [2.05, 4.69) is 5.32 Å². The predicted molar refractivity (Wildman–Crippen MR) is 38.2 cm³/mol. The molecule has 0 saturated carbocycles. The highest BCUT2D eigenvalue weighted by molar-refractivity contribution is 4.56. The van der Waals surface area contributed by atoms with Gasteiger partial charge in [0.15, 0.2) is 0 Å². The van der Waals surface area contributed by atoms with E-state index in [1.807, 2.05) is 6.92 Å². The van der Waals surface area contributed by atoms with Crippen LogP contribution in [0.2, 0.25) is 0 Å². The van der Waals surface area contributed by atoms with Crippen LogP contribution in [0.4, 0.5) is 0 Å². The molecule has 1 unspecified atom stereocenters. The summed E-state index contributed by atoms with van der Waals surface area (Å²) in [6.45, 7) is 3.90. The van der Waals surface area contributed by atoms with Crippen molar-refractivity contribution in [2.24, 2.45) is 5.73 Å². The van der Waals surface area contributed by atoms with Gasteiger partial charge < -0.3 is 16.2 Å². The largest absolute Gasteiger partial charge is 0.396 e. The van der Waals surface area contributed by atoms with Gasteiger partial charge in [-0.1, -0.05) is 0 Å². The standard InChI is InChI=1S/C6H16N2O/c1-6(7)5-8-3-2-4-9/h6,8-9H,2-5,7H2,1H3. The molecule has 0 amide bonds. The topological polar surface area (TPSA) is 58.3 Å². The summed E-state index contributed by atoms with van der Waals surface area (Å²) >= 11 is 0. The van der Waals surface area contributed by atoms with Crippen molar-refractivity contribution in [2.75, 3.05) is 19.7 Å². The molecular formula is C6H16N2O. The second-order valence-electron chi connectivity index (χ2n) is 2.26. The number of rotatable bonds is 5. The second-order valence-corrected chi connectivity index (χ2v) is 2.26. The Labute approximate surface area is 56.2 Å². The minimum atomic E-state index is 0.212. The van der Waals surface area contributed by atoms with E-state index in [4.69, 9.17) is 10.8 Å². The normalized spacial score (nSPS) is 13.7. The quantitative estimate of drug-likeness (QED) is 0.434.